The lowest BCUT2D eigenvalue weighted by Gasteiger charge is -2.37. The van der Waals surface area contributed by atoms with Crippen LogP contribution in [0.25, 0.3) is 10.9 Å². The third-order valence-electron chi connectivity index (χ3n) is 5.39. The van der Waals surface area contributed by atoms with Crippen molar-refractivity contribution in [2.75, 3.05) is 36.8 Å². The predicted octanol–water partition coefficient (Wildman–Crippen LogP) is 3.69. The molecule has 0 aliphatic carbocycles. The van der Waals surface area contributed by atoms with Gasteiger partial charge in [-0.3, -0.25) is 4.79 Å². The van der Waals surface area contributed by atoms with Gasteiger partial charge in [0.1, 0.15) is 11.4 Å². The van der Waals surface area contributed by atoms with Crippen LogP contribution >= 0.6 is 11.8 Å². The molecule has 1 aliphatic rings. The van der Waals surface area contributed by atoms with Gasteiger partial charge in [-0.05, 0) is 37.1 Å². The maximum Gasteiger partial charge on any atom is 0.233 e. The van der Waals surface area contributed by atoms with Crippen LogP contribution in [0.5, 0.6) is 0 Å². The quantitative estimate of drug-likeness (QED) is 0.501. The summed E-state index contributed by atoms with van der Waals surface area (Å²) >= 11 is 1.50. The fraction of sp³-hybridized carbons (Fsp3) is 0.318. The monoisotopic (exact) mass is 392 g/mol. The molecule has 1 amide bonds. The average molecular weight is 393 g/mol. The average Bonchev–Trinajstić information content (AvgIpc) is 2.74. The third-order valence-corrected chi connectivity index (χ3v) is 6.38. The third kappa shape index (κ3) is 3.83. The number of nitrogens with zero attached hydrogens (tertiary/aromatic N) is 4. The summed E-state index contributed by atoms with van der Waals surface area (Å²) in [7, 11) is 0. The predicted molar refractivity (Wildman–Crippen MR) is 115 cm³/mol. The summed E-state index contributed by atoms with van der Waals surface area (Å²) in [5.41, 5.74) is 4.83. The SMILES string of the molecule is Cc1cccc(N2CCN(C(=O)CSc3ncnc4ccccc34)CC2)c1C. The molecule has 5 nitrogen and oxygen atoms in total. The second kappa shape index (κ2) is 8.19. The molecule has 1 aliphatic heterocycles. The smallest absolute Gasteiger partial charge is 0.233 e. The molecule has 3 aromatic rings. The number of hydrogen-bond acceptors (Lipinski definition) is 5. The van der Waals surface area contributed by atoms with Gasteiger partial charge in [-0.15, -0.1) is 0 Å². The number of amides is 1. The Morgan fingerprint density at radius 2 is 1.79 bits per heavy atom. The highest BCUT2D eigenvalue weighted by Crippen LogP contribution is 2.26. The first-order valence-electron chi connectivity index (χ1n) is 9.55. The number of hydrogen-bond donors (Lipinski definition) is 0. The fourth-order valence-corrected chi connectivity index (χ4v) is 4.48. The number of fused-ring (bicyclic) bond motifs is 1. The Kier molecular flexibility index (Phi) is 5.48. The standard InChI is InChI=1S/C22H24N4OS/c1-16-6-5-9-20(17(16)2)25-10-12-26(13-11-25)21(27)14-28-22-18-7-3-4-8-19(18)23-15-24-22/h3-9,15H,10-14H2,1-2H3. The Morgan fingerprint density at radius 3 is 2.61 bits per heavy atom. The van der Waals surface area contributed by atoms with E-state index in [-0.39, 0.29) is 5.91 Å². The maximum absolute atomic E-state index is 12.7. The summed E-state index contributed by atoms with van der Waals surface area (Å²) in [4.78, 5) is 25.7. The van der Waals surface area contributed by atoms with Gasteiger partial charge < -0.3 is 9.80 Å². The highest BCUT2D eigenvalue weighted by molar-refractivity contribution is 8.00. The molecule has 144 valence electrons. The topological polar surface area (TPSA) is 49.3 Å². The Labute approximate surface area is 169 Å². The van der Waals surface area contributed by atoms with E-state index in [0.29, 0.717) is 5.75 Å². The Morgan fingerprint density at radius 1 is 1.00 bits per heavy atom. The van der Waals surface area contributed by atoms with Gasteiger partial charge in [-0.2, -0.15) is 0 Å². The molecule has 0 bridgehead atoms. The van der Waals surface area contributed by atoms with Gasteiger partial charge >= 0.3 is 0 Å². The van der Waals surface area contributed by atoms with E-state index in [1.807, 2.05) is 29.2 Å². The molecule has 0 N–H and O–H groups in total. The molecule has 0 unspecified atom stereocenters. The van der Waals surface area contributed by atoms with Crippen molar-refractivity contribution in [3.63, 3.8) is 0 Å². The summed E-state index contributed by atoms with van der Waals surface area (Å²) in [5, 5.41) is 1.87. The lowest BCUT2D eigenvalue weighted by atomic mass is 10.1. The normalized spacial score (nSPS) is 14.5. The first-order valence-corrected chi connectivity index (χ1v) is 10.5. The molecule has 1 fully saturated rings. The van der Waals surface area contributed by atoms with Gasteiger partial charge in [0.05, 0.1) is 11.3 Å². The number of aromatic nitrogens is 2. The summed E-state index contributed by atoms with van der Waals surface area (Å²) < 4.78 is 0. The Hall–Kier alpha value is -2.60. The van der Waals surface area contributed by atoms with Crippen LogP contribution in [0.15, 0.2) is 53.8 Å². The lowest BCUT2D eigenvalue weighted by Crippen LogP contribution is -2.49. The zero-order valence-electron chi connectivity index (χ0n) is 16.3. The van der Waals surface area contributed by atoms with Crippen molar-refractivity contribution in [3.8, 4) is 0 Å². The van der Waals surface area contributed by atoms with Gasteiger partial charge in [0, 0.05) is 37.3 Å². The number of rotatable bonds is 4. The molecule has 0 radical (unpaired) electrons. The van der Waals surface area contributed by atoms with E-state index in [2.05, 4.69) is 46.9 Å². The summed E-state index contributed by atoms with van der Waals surface area (Å²) in [6.07, 6.45) is 1.57. The molecule has 0 saturated carbocycles. The van der Waals surface area contributed by atoms with Crippen molar-refractivity contribution < 1.29 is 4.79 Å². The molecule has 1 aromatic heterocycles. The number of piperazine rings is 1. The number of para-hydroxylation sites is 1. The van der Waals surface area contributed by atoms with Crippen LogP contribution in [-0.2, 0) is 4.79 Å². The van der Waals surface area contributed by atoms with Crippen molar-refractivity contribution in [1.29, 1.82) is 0 Å². The van der Waals surface area contributed by atoms with Gasteiger partial charge in [0.15, 0.2) is 0 Å². The number of thioether (sulfide) groups is 1. The van der Waals surface area contributed by atoms with Gasteiger partial charge in [0.2, 0.25) is 5.91 Å². The van der Waals surface area contributed by atoms with Crippen LogP contribution in [-0.4, -0.2) is 52.7 Å². The molecule has 6 heteroatoms. The fourth-order valence-electron chi connectivity index (χ4n) is 3.59. The van der Waals surface area contributed by atoms with Crippen LogP contribution in [0.3, 0.4) is 0 Å². The molecule has 2 heterocycles. The molecule has 0 spiro atoms. The van der Waals surface area contributed by atoms with Crippen LogP contribution in [0.4, 0.5) is 5.69 Å². The zero-order chi connectivity index (χ0) is 19.5. The lowest BCUT2D eigenvalue weighted by molar-refractivity contribution is -0.128. The minimum Gasteiger partial charge on any atom is -0.368 e. The largest absolute Gasteiger partial charge is 0.368 e. The minimum absolute atomic E-state index is 0.174. The first-order chi connectivity index (χ1) is 13.6. The molecular formula is C22H24N4OS. The van der Waals surface area contributed by atoms with Gasteiger partial charge in [-0.1, -0.05) is 42.1 Å². The van der Waals surface area contributed by atoms with Crippen molar-refractivity contribution in [3.05, 3.63) is 59.9 Å². The number of anilines is 1. The van der Waals surface area contributed by atoms with E-state index in [4.69, 9.17) is 0 Å². The van der Waals surface area contributed by atoms with Crippen molar-refractivity contribution in [2.45, 2.75) is 18.9 Å². The number of aryl methyl sites for hydroxylation is 1. The van der Waals surface area contributed by atoms with Crippen LogP contribution < -0.4 is 4.90 Å². The maximum atomic E-state index is 12.7. The number of carbonyl (C=O) groups is 1. The molecule has 4 rings (SSSR count). The second-order valence-corrected chi connectivity index (χ2v) is 8.04. The van der Waals surface area contributed by atoms with Gasteiger partial charge in [0.25, 0.3) is 0 Å². The van der Waals surface area contributed by atoms with Crippen LogP contribution in [0.1, 0.15) is 11.1 Å². The summed E-state index contributed by atoms with van der Waals surface area (Å²) in [6.45, 7) is 7.58. The summed E-state index contributed by atoms with van der Waals surface area (Å²) in [5.74, 6) is 0.582. The first kappa shape index (κ1) is 18.7. The number of carbonyl (C=O) groups excluding carboxylic acids is 1. The van der Waals surface area contributed by atoms with Crippen LogP contribution in [0, 0.1) is 13.8 Å². The van der Waals surface area contributed by atoms with E-state index < -0.39 is 0 Å². The van der Waals surface area contributed by atoms with E-state index in [1.165, 1.54) is 28.6 Å². The van der Waals surface area contributed by atoms with E-state index >= 15 is 0 Å². The highest BCUT2D eigenvalue weighted by atomic mass is 32.2. The molecule has 2 aromatic carbocycles. The van der Waals surface area contributed by atoms with E-state index in [1.54, 1.807) is 6.33 Å². The Bertz CT molecular complexity index is 993. The van der Waals surface area contributed by atoms with E-state index in [0.717, 1.165) is 42.1 Å². The molecule has 0 atom stereocenters. The summed E-state index contributed by atoms with van der Waals surface area (Å²) in [6, 6.07) is 14.3. The second-order valence-electron chi connectivity index (χ2n) is 7.07. The highest BCUT2D eigenvalue weighted by Gasteiger charge is 2.22. The molecule has 28 heavy (non-hydrogen) atoms. The zero-order valence-corrected chi connectivity index (χ0v) is 17.1. The van der Waals surface area contributed by atoms with Crippen molar-refractivity contribution in [2.24, 2.45) is 0 Å². The van der Waals surface area contributed by atoms with Crippen molar-refractivity contribution in [1.82, 2.24) is 14.9 Å². The Balaban J connectivity index is 1.36. The molecule has 1 saturated heterocycles. The minimum atomic E-state index is 0.174. The number of benzene rings is 2. The van der Waals surface area contributed by atoms with Gasteiger partial charge in [-0.25, -0.2) is 9.97 Å². The van der Waals surface area contributed by atoms with Crippen molar-refractivity contribution >= 4 is 34.3 Å². The van der Waals surface area contributed by atoms with E-state index in [9.17, 15) is 4.79 Å². The molecular weight excluding hydrogens is 368 g/mol. The van der Waals surface area contributed by atoms with Crippen LogP contribution in [0.2, 0.25) is 0 Å².